The summed E-state index contributed by atoms with van der Waals surface area (Å²) in [5.41, 5.74) is 12.4. The summed E-state index contributed by atoms with van der Waals surface area (Å²) in [6.45, 7) is 40.9. The molecule has 0 fully saturated rings. The van der Waals surface area contributed by atoms with Gasteiger partial charge < -0.3 is 4.74 Å². The van der Waals surface area contributed by atoms with Gasteiger partial charge in [0.15, 0.2) is 5.82 Å². The van der Waals surface area contributed by atoms with Gasteiger partial charge in [-0.15, -0.1) is 5.10 Å². The van der Waals surface area contributed by atoms with Crippen LogP contribution in [0.25, 0.3) is 50.4 Å². The van der Waals surface area contributed by atoms with Crippen molar-refractivity contribution < 1.29 is 9.42 Å². The van der Waals surface area contributed by atoms with E-state index in [2.05, 4.69) is 243 Å². The van der Waals surface area contributed by atoms with E-state index in [1.54, 1.807) is 0 Å². The second kappa shape index (κ2) is 16.4. The van der Waals surface area contributed by atoms with Crippen LogP contribution in [-0.4, -0.2) is 19.2 Å². The van der Waals surface area contributed by atoms with Crippen molar-refractivity contribution in [2.45, 2.75) is 157 Å². The number of nitrogens with zero attached hydrogens (tertiary/aromatic N) is 5. The maximum Gasteiger partial charge on any atom is 0.273 e. The SMILES string of the molecule is CC(C)(C)c1cc(-c2n[n+](-c3cc(C(C)(C)C)cc(C(C)(C)C)c3)[c-]n2-c2cccc(Oc3ccc4c5cc(C(C)(C)C)ccc5n(-c5cc(C(C)(C)C)ccn5)c4c3)c2)cc(C(C)(C)C)c1. The minimum Gasteiger partial charge on any atom is -0.458 e. The molecular weight excluding hydrogens is 819 g/mol. The quantitative estimate of drug-likeness (QED) is 0.123. The normalized spacial score (nSPS) is 13.2. The predicted molar refractivity (Wildman–Crippen MR) is 280 cm³/mol. The van der Waals surface area contributed by atoms with Crippen LogP contribution in [0.5, 0.6) is 11.5 Å². The highest BCUT2D eigenvalue weighted by Gasteiger charge is 2.27. The van der Waals surface area contributed by atoms with Crippen LogP contribution in [0.2, 0.25) is 0 Å². The van der Waals surface area contributed by atoms with Gasteiger partial charge >= 0.3 is 0 Å². The van der Waals surface area contributed by atoms with Crippen molar-refractivity contribution in [2.24, 2.45) is 0 Å². The van der Waals surface area contributed by atoms with Gasteiger partial charge in [0.25, 0.3) is 6.33 Å². The number of aromatic nitrogens is 5. The molecule has 0 spiro atoms. The predicted octanol–water partition coefficient (Wildman–Crippen LogP) is 15.7. The number of pyridine rings is 1. The number of rotatable bonds is 6. The molecule has 0 radical (unpaired) electrons. The number of fused-ring (bicyclic) bond motifs is 3. The lowest BCUT2D eigenvalue weighted by Crippen LogP contribution is -2.34. The van der Waals surface area contributed by atoms with Crippen molar-refractivity contribution >= 4 is 21.8 Å². The molecule has 0 aliphatic rings. The molecule has 8 rings (SSSR count). The van der Waals surface area contributed by atoms with Gasteiger partial charge in [-0.25, -0.2) is 4.98 Å². The molecule has 0 atom stereocenters. The Bertz CT molecular complexity index is 3090. The molecule has 0 aliphatic heterocycles. The molecule has 0 saturated heterocycles. The minimum atomic E-state index is -0.0727. The molecule has 3 aromatic heterocycles. The molecule has 0 unspecified atom stereocenters. The van der Waals surface area contributed by atoms with E-state index in [1.807, 2.05) is 16.9 Å². The fourth-order valence-electron chi connectivity index (χ4n) is 8.62. The summed E-state index contributed by atoms with van der Waals surface area (Å²) in [7, 11) is 0. The molecule has 0 amide bonds. The van der Waals surface area contributed by atoms with Crippen LogP contribution in [0, 0.1) is 6.33 Å². The standard InChI is InChI=1S/C61H73N5O/c1-56(2,3)40-22-25-52-51(34-40)50-24-23-49(37-53(50)66(52)54-35-41(26-27-62-54)57(4,5)6)67-48-21-19-20-46(36-48)64-38-65(47-32-44(60(13,14)15)31-45(33-47)61(16,17)18)63-55(64)39-28-42(58(7,8)9)30-43(29-39)59(10,11)12/h19-37H,1-18H3. The van der Waals surface area contributed by atoms with Crippen LogP contribution in [0.3, 0.4) is 0 Å². The van der Waals surface area contributed by atoms with Gasteiger partial charge in [0, 0.05) is 28.6 Å². The number of ether oxygens (including phenoxy) is 1. The van der Waals surface area contributed by atoms with E-state index in [0.29, 0.717) is 5.75 Å². The van der Waals surface area contributed by atoms with Crippen LogP contribution in [0.15, 0.2) is 115 Å². The van der Waals surface area contributed by atoms with E-state index in [0.717, 1.165) is 50.7 Å². The van der Waals surface area contributed by atoms with Gasteiger partial charge in [-0.2, -0.15) is 4.68 Å². The highest BCUT2D eigenvalue weighted by Crippen LogP contribution is 2.40. The first-order valence-corrected chi connectivity index (χ1v) is 24.1. The molecular formula is C61H73N5O. The molecule has 0 saturated carbocycles. The Morgan fingerprint density at radius 3 is 1.57 bits per heavy atom. The molecule has 0 aliphatic carbocycles. The summed E-state index contributed by atoms with van der Waals surface area (Å²) in [6.07, 6.45) is 5.66. The Labute approximate surface area is 401 Å². The van der Waals surface area contributed by atoms with Crippen LogP contribution >= 0.6 is 0 Å². The van der Waals surface area contributed by atoms with E-state index in [-0.39, 0.29) is 32.5 Å². The zero-order valence-electron chi connectivity index (χ0n) is 43.6. The van der Waals surface area contributed by atoms with E-state index >= 15 is 0 Å². The zero-order chi connectivity index (χ0) is 48.8. The summed E-state index contributed by atoms with van der Waals surface area (Å²) in [4.78, 5) is 4.96. The van der Waals surface area contributed by atoms with Gasteiger partial charge in [-0.3, -0.25) is 9.13 Å². The van der Waals surface area contributed by atoms with Gasteiger partial charge in [-0.05, 0) is 114 Å². The molecule has 3 heterocycles. The maximum absolute atomic E-state index is 6.87. The lowest BCUT2D eigenvalue weighted by molar-refractivity contribution is -0.660. The molecule has 0 bridgehead atoms. The van der Waals surface area contributed by atoms with Crippen molar-refractivity contribution in [3.05, 3.63) is 155 Å². The van der Waals surface area contributed by atoms with Gasteiger partial charge in [-0.1, -0.05) is 179 Å². The Morgan fingerprint density at radius 2 is 1.00 bits per heavy atom. The maximum atomic E-state index is 6.87. The summed E-state index contributed by atoms with van der Waals surface area (Å²) >= 11 is 0. The van der Waals surface area contributed by atoms with Gasteiger partial charge in [0.1, 0.15) is 17.3 Å². The largest absolute Gasteiger partial charge is 0.458 e. The van der Waals surface area contributed by atoms with Crippen molar-refractivity contribution in [1.82, 2.24) is 19.2 Å². The fraction of sp³-hybridized carbons (Fsp3) is 0.393. The summed E-state index contributed by atoms with van der Waals surface area (Å²) in [5.74, 6) is 3.14. The summed E-state index contributed by atoms with van der Waals surface area (Å²) in [5, 5.41) is 7.80. The first-order chi connectivity index (χ1) is 30.9. The Hall–Kier alpha value is -6.01. The Kier molecular flexibility index (Phi) is 11.6. The average molecular weight is 892 g/mol. The van der Waals surface area contributed by atoms with E-state index in [1.165, 1.54) is 38.8 Å². The molecule has 5 aromatic carbocycles. The van der Waals surface area contributed by atoms with E-state index in [9.17, 15) is 0 Å². The highest BCUT2D eigenvalue weighted by molar-refractivity contribution is 6.09. The van der Waals surface area contributed by atoms with Crippen molar-refractivity contribution in [3.8, 4) is 40.1 Å². The summed E-state index contributed by atoms with van der Waals surface area (Å²) < 4.78 is 13.2. The first kappa shape index (κ1) is 47.5. The van der Waals surface area contributed by atoms with E-state index in [4.69, 9.17) is 14.8 Å². The number of hydrogen-bond donors (Lipinski definition) is 0. The number of hydrogen-bond acceptors (Lipinski definition) is 3. The topological polar surface area (TPSA) is 48.8 Å². The lowest BCUT2D eigenvalue weighted by Gasteiger charge is -2.26. The number of benzene rings is 5. The van der Waals surface area contributed by atoms with Crippen LogP contribution in [-0.2, 0) is 32.5 Å². The van der Waals surface area contributed by atoms with Crippen LogP contribution in [0.1, 0.15) is 158 Å². The fourth-order valence-corrected chi connectivity index (χ4v) is 8.62. The monoisotopic (exact) mass is 892 g/mol. The molecule has 0 N–H and O–H groups in total. The molecule has 348 valence electrons. The molecule has 8 aromatic rings. The Balaban J connectivity index is 1.30. The lowest BCUT2D eigenvalue weighted by atomic mass is 9.79. The minimum absolute atomic E-state index is 0.00296. The molecule has 6 nitrogen and oxygen atoms in total. The van der Waals surface area contributed by atoms with Gasteiger partial charge in [0.05, 0.1) is 22.4 Å². The summed E-state index contributed by atoms with van der Waals surface area (Å²) in [6, 6.07) is 39.8. The Morgan fingerprint density at radius 1 is 0.463 bits per heavy atom. The van der Waals surface area contributed by atoms with Crippen molar-refractivity contribution in [3.63, 3.8) is 0 Å². The highest BCUT2D eigenvalue weighted by atomic mass is 16.5. The van der Waals surface area contributed by atoms with E-state index < -0.39 is 0 Å². The van der Waals surface area contributed by atoms with Gasteiger partial charge in [0.2, 0.25) is 0 Å². The third-order valence-electron chi connectivity index (χ3n) is 13.2. The third-order valence-corrected chi connectivity index (χ3v) is 13.2. The van der Waals surface area contributed by atoms with Crippen LogP contribution in [0.4, 0.5) is 0 Å². The van der Waals surface area contributed by atoms with Crippen molar-refractivity contribution in [1.29, 1.82) is 0 Å². The smallest absolute Gasteiger partial charge is 0.273 e. The molecule has 67 heavy (non-hydrogen) atoms. The first-order valence-electron chi connectivity index (χ1n) is 24.1. The average Bonchev–Trinajstić information content (AvgIpc) is 3.82. The molecule has 6 heteroatoms. The second-order valence-electron chi connectivity index (χ2n) is 25.0. The van der Waals surface area contributed by atoms with Crippen molar-refractivity contribution in [2.75, 3.05) is 0 Å². The second-order valence-corrected chi connectivity index (χ2v) is 25.0. The third kappa shape index (κ3) is 9.73. The van der Waals surface area contributed by atoms with Crippen LogP contribution < -0.4 is 9.42 Å². The zero-order valence-corrected chi connectivity index (χ0v) is 43.6.